The number of nitrogens with one attached hydrogen (secondary N) is 3. The SMILES string of the molecule is NC(=NCCC[C@@H](NC(=O)c1cccc(O)c1O)C(=O)N[C@H](CCCN(O)C=O)C(=O)O)NC(=O)c1cccc(O)c1O. The minimum absolute atomic E-state index is 0.0146. The number of para-hydroxylation sites is 2. The summed E-state index contributed by atoms with van der Waals surface area (Å²) < 4.78 is 0. The van der Waals surface area contributed by atoms with Crippen molar-refractivity contribution < 1.29 is 54.7 Å². The van der Waals surface area contributed by atoms with Crippen LogP contribution < -0.4 is 21.7 Å². The monoisotopic (exact) mass is 604 g/mol. The van der Waals surface area contributed by atoms with Crippen LogP contribution in [0.3, 0.4) is 0 Å². The second kappa shape index (κ2) is 16.0. The number of nitrogens with zero attached hydrogens (tertiary/aromatic N) is 2. The van der Waals surface area contributed by atoms with Gasteiger partial charge in [-0.05, 0) is 49.9 Å². The summed E-state index contributed by atoms with van der Waals surface area (Å²) in [5, 5.41) is 65.0. The van der Waals surface area contributed by atoms with Gasteiger partial charge in [0.05, 0.1) is 11.1 Å². The van der Waals surface area contributed by atoms with Crippen LogP contribution in [0.2, 0.25) is 0 Å². The van der Waals surface area contributed by atoms with Crippen LogP contribution in [0, 0.1) is 0 Å². The molecule has 232 valence electrons. The molecular weight excluding hydrogens is 572 g/mol. The first-order valence-electron chi connectivity index (χ1n) is 12.7. The molecule has 0 aromatic heterocycles. The number of carboxylic acid groups (broad SMARTS) is 1. The topological polar surface area (TPSA) is 284 Å². The number of carbonyl (C=O) groups excluding carboxylic acids is 4. The maximum Gasteiger partial charge on any atom is 0.326 e. The van der Waals surface area contributed by atoms with Gasteiger partial charge in [0.1, 0.15) is 12.1 Å². The zero-order valence-electron chi connectivity index (χ0n) is 22.6. The van der Waals surface area contributed by atoms with Gasteiger partial charge in [-0.3, -0.25) is 34.7 Å². The average molecular weight is 605 g/mol. The van der Waals surface area contributed by atoms with E-state index in [1.54, 1.807) is 0 Å². The van der Waals surface area contributed by atoms with E-state index in [9.17, 15) is 54.7 Å². The van der Waals surface area contributed by atoms with Crippen molar-refractivity contribution in [3.05, 3.63) is 47.5 Å². The van der Waals surface area contributed by atoms with Gasteiger partial charge in [0.15, 0.2) is 29.0 Å². The highest BCUT2D eigenvalue weighted by molar-refractivity contribution is 6.07. The van der Waals surface area contributed by atoms with E-state index in [1.807, 2.05) is 0 Å². The Morgan fingerprint density at radius 1 is 0.860 bits per heavy atom. The van der Waals surface area contributed by atoms with Gasteiger partial charge in [-0.15, -0.1) is 0 Å². The summed E-state index contributed by atoms with van der Waals surface area (Å²) in [5.74, 6) is -7.00. The van der Waals surface area contributed by atoms with Crippen molar-refractivity contribution in [2.24, 2.45) is 10.7 Å². The van der Waals surface area contributed by atoms with Gasteiger partial charge in [0, 0.05) is 13.1 Å². The van der Waals surface area contributed by atoms with E-state index in [2.05, 4.69) is 20.9 Å². The largest absolute Gasteiger partial charge is 0.504 e. The third-order valence-corrected chi connectivity index (χ3v) is 5.93. The second-order valence-corrected chi connectivity index (χ2v) is 9.05. The number of aliphatic imine (C=N–C) groups is 1. The summed E-state index contributed by atoms with van der Waals surface area (Å²) in [6, 6.07) is 4.53. The molecule has 0 radical (unpaired) electrons. The molecule has 0 fully saturated rings. The van der Waals surface area contributed by atoms with Crippen LogP contribution in [0.1, 0.15) is 46.4 Å². The number of rotatable bonds is 15. The molecule has 0 heterocycles. The number of phenols is 4. The predicted octanol–water partition coefficient (Wildman–Crippen LogP) is -0.670. The fourth-order valence-electron chi connectivity index (χ4n) is 3.69. The van der Waals surface area contributed by atoms with Gasteiger partial charge in [0.2, 0.25) is 12.3 Å². The summed E-state index contributed by atoms with van der Waals surface area (Å²) in [6.07, 6.45) is -0.0875. The maximum atomic E-state index is 13.0. The first kappa shape index (κ1) is 33.6. The lowest BCUT2D eigenvalue weighted by Crippen LogP contribution is -2.51. The van der Waals surface area contributed by atoms with Crippen molar-refractivity contribution in [1.82, 2.24) is 21.0 Å². The lowest BCUT2D eigenvalue weighted by molar-refractivity contribution is -0.150. The number of amides is 4. The third-order valence-electron chi connectivity index (χ3n) is 5.93. The van der Waals surface area contributed by atoms with Crippen LogP contribution in [0.4, 0.5) is 0 Å². The van der Waals surface area contributed by atoms with Gasteiger partial charge >= 0.3 is 5.97 Å². The van der Waals surface area contributed by atoms with E-state index in [0.29, 0.717) is 5.06 Å². The molecule has 0 unspecified atom stereocenters. The Morgan fingerprint density at radius 3 is 1.98 bits per heavy atom. The number of hydrogen-bond acceptors (Lipinski definition) is 11. The Hall–Kier alpha value is -5.58. The van der Waals surface area contributed by atoms with Crippen molar-refractivity contribution in [2.75, 3.05) is 13.1 Å². The lowest BCUT2D eigenvalue weighted by Gasteiger charge is -2.22. The molecule has 2 aromatic rings. The third kappa shape index (κ3) is 10.1. The summed E-state index contributed by atoms with van der Waals surface area (Å²) in [4.78, 5) is 64.3. The Balaban J connectivity index is 2.11. The number of hydroxylamine groups is 2. The van der Waals surface area contributed by atoms with Crippen LogP contribution in [0.25, 0.3) is 0 Å². The molecule has 2 atom stereocenters. The van der Waals surface area contributed by atoms with E-state index in [-0.39, 0.29) is 62.3 Å². The van der Waals surface area contributed by atoms with Crippen molar-refractivity contribution in [3.8, 4) is 23.0 Å². The minimum atomic E-state index is -1.45. The van der Waals surface area contributed by atoms with E-state index >= 15 is 0 Å². The number of nitrogens with two attached hydrogens (primary N) is 1. The van der Waals surface area contributed by atoms with Gasteiger partial charge < -0.3 is 41.9 Å². The molecule has 0 saturated carbocycles. The number of carboxylic acids is 1. The molecular formula is C26H32N6O11. The molecule has 17 nitrogen and oxygen atoms in total. The van der Waals surface area contributed by atoms with Crippen molar-refractivity contribution in [3.63, 3.8) is 0 Å². The zero-order chi connectivity index (χ0) is 32.1. The van der Waals surface area contributed by atoms with Gasteiger partial charge in [0.25, 0.3) is 11.8 Å². The highest BCUT2D eigenvalue weighted by Crippen LogP contribution is 2.29. The van der Waals surface area contributed by atoms with E-state index in [4.69, 9.17) is 5.73 Å². The first-order chi connectivity index (χ1) is 20.3. The number of aliphatic carboxylic acids is 1. The van der Waals surface area contributed by atoms with Crippen molar-refractivity contribution in [2.45, 2.75) is 37.8 Å². The molecule has 2 aromatic carbocycles. The molecule has 17 heteroatoms. The highest BCUT2D eigenvalue weighted by atomic mass is 16.5. The van der Waals surface area contributed by atoms with E-state index in [1.165, 1.54) is 30.3 Å². The summed E-state index contributed by atoms with van der Waals surface area (Å²) in [7, 11) is 0. The molecule has 0 spiro atoms. The van der Waals surface area contributed by atoms with Gasteiger partial charge in [-0.25, -0.2) is 9.86 Å². The molecule has 4 amide bonds. The summed E-state index contributed by atoms with van der Waals surface area (Å²) in [5.41, 5.74) is 5.08. The molecule has 0 aliphatic carbocycles. The number of hydrogen-bond donors (Lipinski definition) is 10. The molecule has 0 aliphatic heterocycles. The van der Waals surface area contributed by atoms with Crippen LogP contribution in [0.5, 0.6) is 23.0 Å². The molecule has 0 bridgehead atoms. The number of phenolic OH excluding ortho intramolecular Hbond substituents is 4. The predicted molar refractivity (Wildman–Crippen MR) is 147 cm³/mol. The summed E-state index contributed by atoms with van der Waals surface area (Å²) >= 11 is 0. The smallest absolute Gasteiger partial charge is 0.326 e. The molecule has 43 heavy (non-hydrogen) atoms. The molecule has 0 saturated heterocycles. The van der Waals surface area contributed by atoms with Crippen LogP contribution >= 0.6 is 0 Å². The Morgan fingerprint density at radius 2 is 1.42 bits per heavy atom. The van der Waals surface area contributed by atoms with Crippen LogP contribution in [0.15, 0.2) is 41.4 Å². The normalized spacial score (nSPS) is 12.4. The highest BCUT2D eigenvalue weighted by Gasteiger charge is 2.27. The Labute approximate surface area is 244 Å². The molecule has 11 N–H and O–H groups in total. The number of guanidine groups is 1. The van der Waals surface area contributed by atoms with E-state index in [0.717, 1.165) is 6.07 Å². The quantitative estimate of drug-likeness (QED) is 0.0230. The van der Waals surface area contributed by atoms with Gasteiger partial charge in [-0.2, -0.15) is 0 Å². The second-order valence-electron chi connectivity index (χ2n) is 9.05. The minimum Gasteiger partial charge on any atom is -0.504 e. The van der Waals surface area contributed by atoms with Crippen molar-refractivity contribution in [1.29, 1.82) is 0 Å². The number of benzene rings is 2. The van der Waals surface area contributed by atoms with Crippen molar-refractivity contribution >= 4 is 36.1 Å². The Kier molecular flexibility index (Phi) is 12.5. The number of aromatic hydroxyl groups is 4. The Bertz CT molecular complexity index is 1370. The maximum absolute atomic E-state index is 13.0. The summed E-state index contributed by atoms with van der Waals surface area (Å²) in [6.45, 7) is -0.281. The standard InChI is InChI=1S/C26H32N6O11/c27-26(31-23(39)15-6-2-10-19(35)21(15)37)28-11-3-7-16(29-22(38)14-5-1-9-18(34)20(14)36)24(40)30-17(25(41)42)8-4-12-32(43)13-33/h1-2,5-6,9-10,13,16-17,34-37,43H,3-4,7-8,11-12H2,(H,29,38)(H,30,40)(H,41,42)(H3,27,28,31,39)/t16-,17-/m1/s1. The fraction of sp³-hybridized carbons (Fsp3) is 0.308. The van der Waals surface area contributed by atoms with Crippen LogP contribution in [-0.4, -0.2) is 97.0 Å². The van der Waals surface area contributed by atoms with Crippen LogP contribution in [-0.2, 0) is 14.4 Å². The fourth-order valence-corrected chi connectivity index (χ4v) is 3.69. The lowest BCUT2D eigenvalue weighted by atomic mass is 10.1. The number of carbonyl (C=O) groups is 5. The van der Waals surface area contributed by atoms with E-state index < -0.39 is 58.8 Å². The molecule has 2 rings (SSSR count). The average Bonchev–Trinajstić information content (AvgIpc) is 2.96. The van der Waals surface area contributed by atoms with Gasteiger partial charge in [-0.1, -0.05) is 12.1 Å². The zero-order valence-corrected chi connectivity index (χ0v) is 22.6. The molecule has 0 aliphatic rings. The first-order valence-corrected chi connectivity index (χ1v) is 12.7.